The number of carbonyl (C=O) groups excluding carboxylic acids is 3. The first-order valence-corrected chi connectivity index (χ1v) is 8.53. The number of esters is 1. The number of halogens is 1. The van der Waals surface area contributed by atoms with Gasteiger partial charge in [0.2, 0.25) is 0 Å². The molecule has 2 amide bonds. The Labute approximate surface area is 160 Å². The van der Waals surface area contributed by atoms with E-state index in [1.807, 2.05) is 36.4 Å². The van der Waals surface area contributed by atoms with Gasteiger partial charge in [-0.2, -0.15) is 0 Å². The molecule has 8 heteroatoms. The van der Waals surface area contributed by atoms with E-state index in [2.05, 4.69) is 4.74 Å². The number of imide groups is 1. The van der Waals surface area contributed by atoms with Gasteiger partial charge in [-0.15, -0.1) is 0 Å². The fourth-order valence-electron chi connectivity index (χ4n) is 2.45. The van der Waals surface area contributed by atoms with Crippen LogP contribution >= 0.6 is 11.6 Å². The zero-order chi connectivity index (χ0) is 19.2. The molecule has 0 N–H and O–H groups in total. The van der Waals surface area contributed by atoms with E-state index in [1.54, 1.807) is 12.1 Å². The maximum Gasteiger partial charge on any atom is 0.416 e. The lowest BCUT2D eigenvalue weighted by molar-refractivity contribution is -0.152. The number of cyclic esters (lactones) is 1. The number of hydrogen-bond donors (Lipinski definition) is 0. The largest absolute Gasteiger partial charge is 0.480 e. The fraction of sp³-hybridized carbons (Fsp3) is 0.211. The van der Waals surface area contributed by atoms with Gasteiger partial charge in [0.25, 0.3) is 5.91 Å². The Morgan fingerprint density at radius 2 is 1.85 bits per heavy atom. The van der Waals surface area contributed by atoms with Crippen molar-refractivity contribution in [2.45, 2.75) is 0 Å². The van der Waals surface area contributed by atoms with Crippen molar-refractivity contribution in [2.75, 3.05) is 26.4 Å². The normalized spacial score (nSPS) is 13.2. The molecule has 7 nitrogen and oxygen atoms in total. The van der Waals surface area contributed by atoms with Crippen molar-refractivity contribution in [3.05, 3.63) is 53.6 Å². The minimum Gasteiger partial charge on any atom is -0.480 e. The summed E-state index contributed by atoms with van der Waals surface area (Å²) in [5.41, 5.74) is 1.92. The monoisotopic (exact) mass is 389 g/mol. The molecule has 140 valence electrons. The molecular formula is C19H16ClNO6. The van der Waals surface area contributed by atoms with Crippen molar-refractivity contribution in [3.63, 3.8) is 0 Å². The van der Waals surface area contributed by atoms with Gasteiger partial charge in [-0.25, -0.2) is 14.5 Å². The summed E-state index contributed by atoms with van der Waals surface area (Å²) < 4.78 is 14.8. The van der Waals surface area contributed by atoms with E-state index in [0.29, 0.717) is 10.8 Å². The van der Waals surface area contributed by atoms with E-state index in [0.717, 1.165) is 16.0 Å². The summed E-state index contributed by atoms with van der Waals surface area (Å²) in [4.78, 5) is 35.6. The molecule has 0 atom stereocenters. The third-order valence-electron chi connectivity index (χ3n) is 3.80. The summed E-state index contributed by atoms with van der Waals surface area (Å²) in [7, 11) is 0. The average Bonchev–Trinajstić information content (AvgIpc) is 3.11. The lowest BCUT2D eigenvalue weighted by Gasteiger charge is -2.12. The highest BCUT2D eigenvalue weighted by atomic mass is 35.5. The molecule has 1 heterocycles. The van der Waals surface area contributed by atoms with Crippen LogP contribution in [0.2, 0.25) is 5.02 Å². The predicted octanol–water partition coefficient (Wildman–Crippen LogP) is 2.91. The summed E-state index contributed by atoms with van der Waals surface area (Å²) in [6.07, 6.45) is -0.738. The zero-order valence-electron chi connectivity index (χ0n) is 14.2. The standard InChI is InChI=1S/C19H16ClNO6/c20-15-10-14(13-4-2-1-3-5-13)6-7-16(15)26-12-18(23)27-11-17(22)21-8-9-25-19(21)24/h1-7,10H,8-9,11-12H2. The summed E-state index contributed by atoms with van der Waals surface area (Å²) in [6, 6.07) is 14.9. The van der Waals surface area contributed by atoms with Gasteiger partial charge >= 0.3 is 12.1 Å². The Balaban J connectivity index is 1.50. The van der Waals surface area contributed by atoms with Crippen LogP contribution in [-0.2, 0) is 19.1 Å². The average molecular weight is 390 g/mol. The molecule has 3 rings (SSSR count). The fourth-order valence-corrected chi connectivity index (χ4v) is 2.68. The molecule has 1 aliphatic heterocycles. The van der Waals surface area contributed by atoms with E-state index < -0.39 is 31.2 Å². The molecule has 0 unspecified atom stereocenters. The summed E-state index contributed by atoms with van der Waals surface area (Å²) in [6.45, 7) is -0.686. The second-order valence-electron chi connectivity index (χ2n) is 5.62. The van der Waals surface area contributed by atoms with Gasteiger partial charge in [-0.05, 0) is 23.3 Å². The van der Waals surface area contributed by atoms with Crippen LogP contribution < -0.4 is 4.74 Å². The molecule has 0 aliphatic carbocycles. The first-order chi connectivity index (χ1) is 13.0. The van der Waals surface area contributed by atoms with E-state index in [9.17, 15) is 14.4 Å². The SMILES string of the molecule is O=C(COc1ccc(-c2ccccc2)cc1Cl)OCC(=O)N1CCOC1=O. The lowest BCUT2D eigenvalue weighted by Crippen LogP contribution is -2.35. The second kappa shape index (κ2) is 8.55. The van der Waals surface area contributed by atoms with E-state index >= 15 is 0 Å². The molecule has 0 saturated carbocycles. The number of amides is 2. The Bertz CT molecular complexity index is 855. The zero-order valence-corrected chi connectivity index (χ0v) is 15.0. The highest BCUT2D eigenvalue weighted by Gasteiger charge is 2.28. The maximum atomic E-state index is 11.7. The van der Waals surface area contributed by atoms with Crippen LogP contribution in [-0.4, -0.2) is 49.2 Å². The van der Waals surface area contributed by atoms with E-state index in [4.69, 9.17) is 21.1 Å². The van der Waals surface area contributed by atoms with Gasteiger partial charge in [-0.3, -0.25) is 4.79 Å². The van der Waals surface area contributed by atoms with Crippen LogP contribution in [0, 0.1) is 0 Å². The van der Waals surface area contributed by atoms with Crippen molar-refractivity contribution in [3.8, 4) is 16.9 Å². The van der Waals surface area contributed by atoms with Crippen molar-refractivity contribution in [1.82, 2.24) is 4.90 Å². The number of nitrogens with zero attached hydrogens (tertiary/aromatic N) is 1. The molecular weight excluding hydrogens is 374 g/mol. The van der Waals surface area contributed by atoms with Crippen molar-refractivity contribution >= 4 is 29.6 Å². The van der Waals surface area contributed by atoms with Crippen LogP contribution in [0.25, 0.3) is 11.1 Å². The van der Waals surface area contributed by atoms with Gasteiger partial charge in [0, 0.05) is 0 Å². The molecule has 27 heavy (non-hydrogen) atoms. The minimum atomic E-state index is -0.751. The minimum absolute atomic E-state index is 0.138. The Kier molecular flexibility index (Phi) is 5.93. The first kappa shape index (κ1) is 18.7. The van der Waals surface area contributed by atoms with Crippen LogP contribution in [0.1, 0.15) is 0 Å². The van der Waals surface area contributed by atoms with Gasteiger partial charge in [0.05, 0.1) is 11.6 Å². The summed E-state index contributed by atoms with van der Waals surface area (Å²) in [5, 5.41) is 0.347. The number of benzene rings is 2. The van der Waals surface area contributed by atoms with Gasteiger partial charge in [0.15, 0.2) is 13.2 Å². The van der Waals surface area contributed by atoms with Crippen molar-refractivity contribution < 1.29 is 28.6 Å². The molecule has 2 aromatic rings. The molecule has 0 radical (unpaired) electrons. The molecule has 1 fully saturated rings. The highest BCUT2D eigenvalue weighted by molar-refractivity contribution is 6.32. The first-order valence-electron chi connectivity index (χ1n) is 8.15. The molecule has 0 spiro atoms. The third kappa shape index (κ3) is 4.77. The van der Waals surface area contributed by atoms with Gasteiger partial charge < -0.3 is 14.2 Å². The second-order valence-corrected chi connectivity index (χ2v) is 6.03. The number of ether oxygens (including phenoxy) is 3. The number of rotatable bonds is 6. The van der Waals surface area contributed by atoms with E-state index in [1.165, 1.54) is 0 Å². The topological polar surface area (TPSA) is 82.1 Å². The Morgan fingerprint density at radius 1 is 1.07 bits per heavy atom. The maximum absolute atomic E-state index is 11.7. The number of carbonyl (C=O) groups is 3. The summed E-state index contributed by atoms with van der Waals surface area (Å²) in [5.74, 6) is -1.07. The third-order valence-corrected chi connectivity index (χ3v) is 4.10. The van der Waals surface area contributed by atoms with Crippen molar-refractivity contribution in [1.29, 1.82) is 0 Å². The van der Waals surface area contributed by atoms with Crippen molar-refractivity contribution in [2.24, 2.45) is 0 Å². The van der Waals surface area contributed by atoms with Crippen LogP contribution in [0.5, 0.6) is 5.75 Å². The van der Waals surface area contributed by atoms with Gasteiger partial charge in [-0.1, -0.05) is 48.0 Å². The molecule has 0 bridgehead atoms. The molecule has 2 aromatic carbocycles. The Hall–Kier alpha value is -3.06. The quantitative estimate of drug-likeness (QED) is 0.706. The molecule has 1 aliphatic rings. The molecule has 1 saturated heterocycles. The van der Waals surface area contributed by atoms with E-state index in [-0.39, 0.29) is 13.2 Å². The van der Waals surface area contributed by atoms with Crippen LogP contribution in [0.3, 0.4) is 0 Å². The van der Waals surface area contributed by atoms with Crippen LogP contribution in [0.4, 0.5) is 4.79 Å². The van der Waals surface area contributed by atoms with Crippen LogP contribution in [0.15, 0.2) is 48.5 Å². The smallest absolute Gasteiger partial charge is 0.416 e. The van der Waals surface area contributed by atoms with Gasteiger partial charge in [0.1, 0.15) is 12.4 Å². The summed E-state index contributed by atoms with van der Waals surface area (Å²) >= 11 is 6.20. The number of hydrogen-bond acceptors (Lipinski definition) is 6. The highest BCUT2D eigenvalue weighted by Crippen LogP contribution is 2.30. The Morgan fingerprint density at radius 3 is 2.52 bits per heavy atom. The predicted molar refractivity (Wildman–Crippen MR) is 96.4 cm³/mol. The lowest BCUT2D eigenvalue weighted by atomic mass is 10.1. The molecule has 0 aromatic heterocycles.